The van der Waals surface area contributed by atoms with Crippen LogP contribution in [0, 0.1) is 5.82 Å². The summed E-state index contributed by atoms with van der Waals surface area (Å²) in [6.45, 7) is 4.50. The Bertz CT molecular complexity index is 381. The summed E-state index contributed by atoms with van der Waals surface area (Å²) in [4.78, 5) is 2.49. The fourth-order valence-corrected chi connectivity index (χ4v) is 2.71. The lowest BCUT2D eigenvalue weighted by Crippen LogP contribution is -2.33. The summed E-state index contributed by atoms with van der Waals surface area (Å²) in [7, 11) is 0. The normalized spacial score (nSPS) is 22.3. The van der Waals surface area contributed by atoms with Gasteiger partial charge in [-0.3, -0.25) is 0 Å². The average Bonchev–Trinajstić information content (AvgIpc) is 2.75. The van der Waals surface area contributed by atoms with Crippen molar-refractivity contribution in [1.29, 1.82) is 0 Å². The van der Waals surface area contributed by atoms with Crippen LogP contribution < -0.4 is 5.73 Å². The second-order valence-electron chi connectivity index (χ2n) is 5.37. The number of hydrogen-bond donors (Lipinski definition) is 1. The van der Waals surface area contributed by atoms with Gasteiger partial charge in [-0.1, -0.05) is 18.2 Å². The summed E-state index contributed by atoms with van der Waals surface area (Å²) in [6, 6.07) is 7.66. The monoisotopic (exact) mass is 250 g/mol. The quantitative estimate of drug-likeness (QED) is 0.870. The van der Waals surface area contributed by atoms with Gasteiger partial charge < -0.3 is 10.6 Å². The van der Waals surface area contributed by atoms with Crippen LogP contribution in [-0.2, 0) is 6.42 Å². The summed E-state index contributed by atoms with van der Waals surface area (Å²) in [5.74, 6) is -0.137. The van der Waals surface area contributed by atoms with E-state index in [4.69, 9.17) is 5.73 Å². The highest BCUT2D eigenvalue weighted by atomic mass is 19.1. The molecule has 1 aliphatic heterocycles. The molecule has 0 spiro atoms. The number of likely N-dealkylation sites (tertiary alicyclic amines) is 1. The molecule has 0 saturated carbocycles. The van der Waals surface area contributed by atoms with Gasteiger partial charge in [0.1, 0.15) is 5.82 Å². The lowest BCUT2D eigenvalue weighted by molar-refractivity contribution is 0.257. The van der Waals surface area contributed by atoms with Gasteiger partial charge in [-0.25, -0.2) is 4.39 Å². The average molecular weight is 250 g/mol. The Hall–Kier alpha value is -0.930. The van der Waals surface area contributed by atoms with Crippen LogP contribution in [0.5, 0.6) is 0 Å². The molecule has 1 aromatic rings. The standard InChI is InChI=1S/C15H23FN2/c1-12-5-4-9-18(12)10-8-14(17)11-13-6-2-3-7-15(13)16/h2-3,6-7,12,14H,4-5,8-11,17H2,1H3. The first-order valence-electron chi connectivity index (χ1n) is 6.90. The molecule has 0 aromatic heterocycles. The van der Waals surface area contributed by atoms with Crippen molar-refractivity contribution in [1.82, 2.24) is 4.90 Å². The molecule has 0 radical (unpaired) electrons. The molecule has 1 heterocycles. The largest absolute Gasteiger partial charge is 0.327 e. The van der Waals surface area contributed by atoms with E-state index in [1.807, 2.05) is 12.1 Å². The Morgan fingerprint density at radius 3 is 2.89 bits per heavy atom. The molecular weight excluding hydrogens is 227 g/mol. The van der Waals surface area contributed by atoms with Crippen LogP contribution in [0.4, 0.5) is 4.39 Å². The molecule has 100 valence electrons. The number of hydrogen-bond acceptors (Lipinski definition) is 2. The van der Waals surface area contributed by atoms with Crippen molar-refractivity contribution in [3.05, 3.63) is 35.6 Å². The van der Waals surface area contributed by atoms with Gasteiger partial charge in [0.05, 0.1) is 0 Å². The van der Waals surface area contributed by atoms with Crippen molar-refractivity contribution in [2.75, 3.05) is 13.1 Å². The highest BCUT2D eigenvalue weighted by molar-refractivity contribution is 5.18. The van der Waals surface area contributed by atoms with Crippen LogP contribution in [-0.4, -0.2) is 30.1 Å². The van der Waals surface area contributed by atoms with E-state index in [0.717, 1.165) is 18.5 Å². The summed E-state index contributed by atoms with van der Waals surface area (Å²) in [6.07, 6.45) is 4.17. The molecular formula is C15H23FN2. The van der Waals surface area contributed by atoms with Gasteiger partial charge in [-0.05, 0) is 57.3 Å². The van der Waals surface area contributed by atoms with E-state index in [-0.39, 0.29) is 11.9 Å². The van der Waals surface area contributed by atoms with Crippen LogP contribution in [0.15, 0.2) is 24.3 Å². The second-order valence-corrected chi connectivity index (χ2v) is 5.37. The predicted molar refractivity (Wildman–Crippen MR) is 73.0 cm³/mol. The predicted octanol–water partition coefficient (Wildman–Crippen LogP) is 2.57. The minimum Gasteiger partial charge on any atom is -0.327 e. The zero-order valence-corrected chi connectivity index (χ0v) is 11.1. The molecule has 2 rings (SSSR count). The van der Waals surface area contributed by atoms with E-state index in [9.17, 15) is 4.39 Å². The van der Waals surface area contributed by atoms with Gasteiger partial charge in [-0.2, -0.15) is 0 Å². The van der Waals surface area contributed by atoms with Crippen LogP contribution >= 0.6 is 0 Å². The zero-order chi connectivity index (χ0) is 13.0. The molecule has 2 nitrogen and oxygen atoms in total. The molecule has 1 saturated heterocycles. The Kier molecular flexibility index (Phi) is 4.72. The van der Waals surface area contributed by atoms with Crippen molar-refractivity contribution in [3.8, 4) is 0 Å². The van der Waals surface area contributed by atoms with Crippen LogP contribution in [0.3, 0.4) is 0 Å². The third-order valence-electron chi connectivity index (χ3n) is 3.92. The highest BCUT2D eigenvalue weighted by Gasteiger charge is 2.20. The smallest absolute Gasteiger partial charge is 0.126 e. The van der Waals surface area contributed by atoms with Crippen molar-refractivity contribution in [3.63, 3.8) is 0 Å². The molecule has 2 atom stereocenters. The first-order valence-corrected chi connectivity index (χ1v) is 6.90. The highest BCUT2D eigenvalue weighted by Crippen LogP contribution is 2.17. The van der Waals surface area contributed by atoms with Gasteiger partial charge in [0, 0.05) is 12.1 Å². The zero-order valence-electron chi connectivity index (χ0n) is 11.1. The van der Waals surface area contributed by atoms with E-state index in [0.29, 0.717) is 12.5 Å². The lowest BCUT2D eigenvalue weighted by atomic mass is 10.0. The van der Waals surface area contributed by atoms with E-state index in [2.05, 4.69) is 11.8 Å². The molecule has 0 bridgehead atoms. The third-order valence-corrected chi connectivity index (χ3v) is 3.92. The van der Waals surface area contributed by atoms with Crippen molar-refractivity contribution >= 4 is 0 Å². The number of rotatable bonds is 5. The number of nitrogens with two attached hydrogens (primary N) is 1. The van der Waals surface area contributed by atoms with E-state index in [1.54, 1.807) is 6.07 Å². The van der Waals surface area contributed by atoms with Crippen molar-refractivity contribution in [2.45, 2.75) is 44.7 Å². The fourth-order valence-electron chi connectivity index (χ4n) is 2.71. The van der Waals surface area contributed by atoms with Crippen LogP contribution in [0.1, 0.15) is 31.7 Å². The van der Waals surface area contributed by atoms with E-state index in [1.165, 1.54) is 25.5 Å². The number of nitrogens with zero attached hydrogens (tertiary/aromatic N) is 1. The molecule has 3 heteroatoms. The van der Waals surface area contributed by atoms with Gasteiger partial charge in [-0.15, -0.1) is 0 Å². The second kappa shape index (κ2) is 6.30. The SMILES string of the molecule is CC1CCCN1CCC(N)Cc1ccccc1F. The Morgan fingerprint density at radius 1 is 1.44 bits per heavy atom. The number of halogens is 1. The summed E-state index contributed by atoms with van der Waals surface area (Å²) < 4.78 is 13.5. The first-order chi connectivity index (χ1) is 8.66. The van der Waals surface area contributed by atoms with E-state index < -0.39 is 0 Å². The lowest BCUT2D eigenvalue weighted by Gasteiger charge is -2.22. The molecule has 2 unspecified atom stereocenters. The number of benzene rings is 1. The Labute approximate surface area is 109 Å². The molecule has 2 N–H and O–H groups in total. The molecule has 1 aliphatic rings. The Balaban J connectivity index is 1.78. The molecule has 1 aromatic carbocycles. The Morgan fingerprint density at radius 2 is 2.22 bits per heavy atom. The van der Waals surface area contributed by atoms with Crippen molar-refractivity contribution in [2.24, 2.45) is 5.73 Å². The molecule has 1 fully saturated rings. The topological polar surface area (TPSA) is 29.3 Å². The minimum absolute atomic E-state index is 0.0506. The maximum Gasteiger partial charge on any atom is 0.126 e. The van der Waals surface area contributed by atoms with Crippen molar-refractivity contribution < 1.29 is 4.39 Å². The van der Waals surface area contributed by atoms with Gasteiger partial charge >= 0.3 is 0 Å². The fraction of sp³-hybridized carbons (Fsp3) is 0.600. The van der Waals surface area contributed by atoms with Gasteiger partial charge in [0.15, 0.2) is 0 Å². The first kappa shape index (κ1) is 13.5. The van der Waals surface area contributed by atoms with E-state index >= 15 is 0 Å². The molecule has 0 aliphatic carbocycles. The minimum atomic E-state index is -0.137. The summed E-state index contributed by atoms with van der Waals surface area (Å²) in [5.41, 5.74) is 6.84. The van der Waals surface area contributed by atoms with Gasteiger partial charge in [0.2, 0.25) is 0 Å². The third kappa shape index (κ3) is 3.53. The summed E-state index contributed by atoms with van der Waals surface area (Å²) >= 11 is 0. The summed E-state index contributed by atoms with van der Waals surface area (Å²) in [5, 5.41) is 0. The molecule has 18 heavy (non-hydrogen) atoms. The maximum absolute atomic E-state index is 13.5. The maximum atomic E-state index is 13.5. The van der Waals surface area contributed by atoms with Crippen LogP contribution in [0.25, 0.3) is 0 Å². The van der Waals surface area contributed by atoms with Gasteiger partial charge in [0.25, 0.3) is 0 Å². The van der Waals surface area contributed by atoms with Crippen LogP contribution in [0.2, 0.25) is 0 Å². The molecule has 0 amide bonds.